The molecule has 12 heterocycles. The van der Waals surface area contributed by atoms with E-state index >= 15 is 0 Å². The number of aryl methyl sites for hydroxylation is 8. The van der Waals surface area contributed by atoms with Crippen LogP contribution < -0.4 is 51.7 Å². The van der Waals surface area contributed by atoms with Gasteiger partial charge in [0, 0.05) is 33.7 Å². The Bertz CT molecular complexity index is 3100. The van der Waals surface area contributed by atoms with Crippen LogP contribution in [0, 0.1) is 55.4 Å². The van der Waals surface area contributed by atoms with Crippen molar-refractivity contribution in [2.45, 2.75) is 55.4 Å². The first kappa shape index (κ1) is 36.6. The fourth-order valence-corrected chi connectivity index (χ4v) is 9.99. The Morgan fingerprint density at radius 1 is 0.344 bits per heavy atom. The number of nitrogens with zero attached hydrogens (tertiary/aromatic N) is 12. The van der Waals surface area contributed by atoms with Crippen LogP contribution in [0.2, 0.25) is 0 Å². The lowest BCUT2D eigenvalue weighted by Gasteiger charge is -2.39. The molecule has 0 atom stereocenters. The van der Waals surface area contributed by atoms with Crippen LogP contribution in [0.3, 0.4) is 0 Å². The molecule has 0 aliphatic carbocycles. The van der Waals surface area contributed by atoms with Crippen molar-refractivity contribution in [3.8, 4) is 69.3 Å². The van der Waals surface area contributed by atoms with Gasteiger partial charge >= 0.3 is 0 Å². The van der Waals surface area contributed by atoms with Gasteiger partial charge in [-0.25, -0.2) is 38.7 Å². The number of hydrogen-bond acceptors (Lipinski definition) is 12. The molecule has 0 bridgehead atoms. The number of pyridine rings is 4. The minimum Gasteiger partial charge on any atom is -0.436 e. The highest BCUT2D eigenvalue weighted by Crippen LogP contribution is 2.48. The summed E-state index contributed by atoms with van der Waals surface area (Å²) in [4.78, 5) is 20.0. The molecule has 4 aliphatic rings. The number of hydrogen-bond donors (Lipinski definition) is 0. The maximum atomic E-state index is 6.99. The lowest BCUT2D eigenvalue weighted by molar-refractivity contribution is 0.380. The molecule has 16 nitrogen and oxygen atoms in total. The van der Waals surface area contributed by atoms with E-state index in [9.17, 15) is 0 Å². The fraction of sp³-hybridized carbons (Fsp3) is 0.174. The van der Waals surface area contributed by atoms with Gasteiger partial charge < -0.3 is 18.9 Å². The molecule has 0 amide bonds. The average molecular weight is 842 g/mol. The summed E-state index contributed by atoms with van der Waals surface area (Å²) < 4.78 is 35.5. The fourth-order valence-electron chi connectivity index (χ4n) is 9.99. The average Bonchev–Trinajstić information content (AvgIpc) is 4.03. The SMILES string of the molecule is Cc1cc(C)n(-c2cnc3c(c2)B2c4cc(-n5nc(C)cc5C)cnc4Oc4c5c6c(c(c42)O3)Oc2ncc(-n3nc(C)cc3C)cc2B6c2cc(-n3nc(C)cc3C)cnc2O5)n1. The van der Waals surface area contributed by atoms with Crippen molar-refractivity contribution in [2.24, 2.45) is 0 Å². The predicted octanol–water partition coefficient (Wildman–Crippen LogP) is 3.93. The van der Waals surface area contributed by atoms with Crippen molar-refractivity contribution >= 4 is 46.2 Å². The maximum absolute atomic E-state index is 6.99. The van der Waals surface area contributed by atoms with Crippen LogP contribution in [0.25, 0.3) is 22.7 Å². The maximum Gasteiger partial charge on any atom is 0.265 e. The Balaban J connectivity index is 1.08. The smallest absolute Gasteiger partial charge is 0.265 e. The highest BCUT2D eigenvalue weighted by molar-refractivity contribution is 7.00. The second-order valence-electron chi connectivity index (χ2n) is 17.1. The zero-order valence-electron chi connectivity index (χ0n) is 36.1. The van der Waals surface area contributed by atoms with Crippen LogP contribution in [0.1, 0.15) is 45.6 Å². The summed E-state index contributed by atoms with van der Waals surface area (Å²) >= 11 is 0. The summed E-state index contributed by atoms with van der Waals surface area (Å²) in [5.41, 5.74) is 15.2. The third kappa shape index (κ3) is 5.12. The van der Waals surface area contributed by atoms with Gasteiger partial charge in [0.05, 0.1) is 70.3 Å². The van der Waals surface area contributed by atoms with Crippen molar-refractivity contribution in [1.29, 1.82) is 0 Å². The zero-order chi connectivity index (χ0) is 43.4. The number of fused-ring (bicyclic) bond motifs is 10. The molecule has 0 spiro atoms. The van der Waals surface area contributed by atoms with E-state index < -0.39 is 13.4 Å². The van der Waals surface area contributed by atoms with Gasteiger partial charge in [0.1, 0.15) is 0 Å². The van der Waals surface area contributed by atoms with Crippen molar-refractivity contribution in [1.82, 2.24) is 59.1 Å². The van der Waals surface area contributed by atoms with Crippen LogP contribution >= 0.6 is 0 Å². The Morgan fingerprint density at radius 3 is 0.781 bits per heavy atom. The van der Waals surface area contributed by atoms with Crippen LogP contribution in [0.4, 0.5) is 0 Å². The Kier molecular flexibility index (Phi) is 7.31. The molecule has 1 aromatic carbocycles. The molecule has 0 fully saturated rings. The number of rotatable bonds is 4. The summed E-state index contributed by atoms with van der Waals surface area (Å²) in [5.74, 6) is 3.48. The van der Waals surface area contributed by atoms with Crippen molar-refractivity contribution in [3.63, 3.8) is 0 Å². The minimum absolute atomic E-state index is 0.415. The molecule has 0 saturated carbocycles. The van der Waals surface area contributed by atoms with Gasteiger partial charge in [-0.1, -0.05) is 0 Å². The second-order valence-corrected chi connectivity index (χ2v) is 17.1. The molecule has 310 valence electrons. The van der Waals surface area contributed by atoms with Gasteiger partial charge in [-0.3, -0.25) is 0 Å². The topological polar surface area (TPSA) is 160 Å². The molecule has 18 heteroatoms. The number of aromatic nitrogens is 12. The molecule has 0 N–H and O–H groups in total. The Labute approximate surface area is 366 Å². The molecule has 64 heavy (non-hydrogen) atoms. The molecule has 13 rings (SSSR count). The van der Waals surface area contributed by atoms with Gasteiger partial charge in [-0.05, 0) is 126 Å². The van der Waals surface area contributed by atoms with Gasteiger partial charge in [0.2, 0.25) is 23.5 Å². The van der Waals surface area contributed by atoms with Crippen molar-refractivity contribution < 1.29 is 18.9 Å². The van der Waals surface area contributed by atoms with E-state index in [4.69, 9.17) is 59.3 Å². The van der Waals surface area contributed by atoms with E-state index in [-0.39, 0.29) is 0 Å². The summed E-state index contributed by atoms with van der Waals surface area (Å²) in [6.45, 7) is 15.0. The zero-order valence-corrected chi connectivity index (χ0v) is 36.1. The highest BCUT2D eigenvalue weighted by Gasteiger charge is 2.52. The first-order valence-electron chi connectivity index (χ1n) is 21.0. The molecule has 0 radical (unpaired) electrons. The monoisotopic (exact) mass is 842 g/mol. The summed E-state index contributed by atoms with van der Waals surface area (Å²) in [6, 6.07) is 16.5. The molecular weight excluding hydrogens is 806 g/mol. The molecule has 8 aromatic heterocycles. The predicted molar refractivity (Wildman–Crippen MR) is 239 cm³/mol. The van der Waals surface area contributed by atoms with E-state index in [1.807, 2.05) is 98.4 Å². The standard InChI is InChI=1S/C46H36B2N12O4/c1-21-9-25(5)57(53-21)29-13-33-43(49-17-29)61-39-37-40(62-44-34(47(33)37)14-30(18-50-44)58-26(6)10-22(2)54-58)42-38-41(39)63-45-35(15-31(19-51-45)59-27(7)11-23(3)55-59)48(38)36-16-32(20-52-46(36)64-42)60-28(8)12-24(4)56-60/h9-20H,1-8H3. The van der Waals surface area contributed by atoms with Crippen molar-refractivity contribution in [3.05, 3.63) is 119 Å². The quantitative estimate of drug-likeness (QED) is 0.236. The summed E-state index contributed by atoms with van der Waals surface area (Å²) in [6.07, 6.45) is 7.13. The summed E-state index contributed by atoms with van der Waals surface area (Å²) in [5, 5.41) is 19.2. The highest BCUT2D eigenvalue weighted by atomic mass is 16.5. The molecular formula is C46H36B2N12O4. The van der Waals surface area contributed by atoms with E-state index in [1.54, 1.807) is 24.8 Å². The van der Waals surface area contributed by atoms with E-state index in [0.29, 0.717) is 57.4 Å². The number of ether oxygens (including phenoxy) is 4. The third-order valence-electron chi connectivity index (χ3n) is 12.5. The first-order valence-corrected chi connectivity index (χ1v) is 21.0. The molecule has 9 aromatic rings. The number of benzene rings is 1. The molecule has 0 saturated heterocycles. The Hall–Kier alpha value is -8.01. The normalized spacial score (nSPS) is 13.4. The van der Waals surface area contributed by atoms with Crippen LogP contribution in [0.5, 0.6) is 46.5 Å². The van der Waals surface area contributed by atoms with Gasteiger partial charge in [0.25, 0.3) is 13.4 Å². The minimum atomic E-state index is -0.496. The lowest BCUT2D eigenvalue weighted by Crippen LogP contribution is -2.62. The van der Waals surface area contributed by atoms with Gasteiger partial charge in [-0.15, -0.1) is 0 Å². The van der Waals surface area contributed by atoms with E-state index in [0.717, 1.165) is 90.2 Å². The lowest BCUT2D eigenvalue weighted by atomic mass is 9.32. The van der Waals surface area contributed by atoms with Gasteiger partial charge in [-0.2, -0.15) is 20.4 Å². The van der Waals surface area contributed by atoms with E-state index in [2.05, 4.69) is 24.3 Å². The molecule has 4 aliphatic heterocycles. The van der Waals surface area contributed by atoms with Crippen LogP contribution in [0.15, 0.2) is 73.3 Å². The van der Waals surface area contributed by atoms with Gasteiger partial charge in [0.15, 0.2) is 23.0 Å². The summed E-state index contributed by atoms with van der Waals surface area (Å²) in [7, 11) is 0. The molecule has 0 unspecified atom stereocenters. The second kappa shape index (κ2) is 12.8. The Morgan fingerprint density at radius 2 is 0.578 bits per heavy atom. The largest absolute Gasteiger partial charge is 0.436 e. The van der Waals surface area contributed by atoms with E-state index in [1.165, 1.54) is 0 Å². The third-order valence-corrected chi connectivity index (χ3v) is 12.5. The van der Waals surface area contributed by atoms with Crippen LogP contribution in [-0.4, -0.2) is 72.5 Å². The van der Waals surface area contributed by atoms with Crippen LogP contribution in [-0.2, 0) is 0 Å². The first-order chi connectivity index (χ1) is 30.9. The van der Waals surface area contributed by atoms with Crippen molar-refractivity contribution in [2.75, 3.05) is 0 Å².